The van der Waals surface area contributed by atoms with Gasteiger partial charge in [-0.2, -0.15) is 0 Å². The third kappa shape index (κ3) is 4.06. The molecule has 0 amide bonds. The van der Waals surface area contributed by atoms with Crippen LogP contribution in [-0.2, 0) is 11.3 Å². The number of rotatable bonds is 7. The molecule has 0 radical (unpaired) electrons. The molecule has 3 rings (SSSR count). The lowest BCUT2D eigenvalue weighted by atomic mass is 10.2. The first kappa shape index (κ1) is 18.0. The van der Waals surface area contributed by atoms with Gasteiger partial charge in [0.15, 0.2) is 5.13 Å². The van der Waals surface area contributed by atoms with E-state index in [1.165, 1.54) is 17.0 Å². The summed E-state index contributed by atoms with van der Waals surface area (Å²) in [7, 11) is 1.70. The molecule has 0 atom stereocenters. The lowest BCUT2D eigenvalue weighted by Crippen LogP contribution is -2.07. The molecule has 0 saturated carbocycles. The van der Waals surface area contributed by atoms with Crippen molar-refractivity contribution in [3.8, 4) is 11.3 Å². The van der Waals surface area contributed by atoms with E-state index in [0.717, 1.165) is 34.5 Å². The minimum Gasteiger partial charge on any atom is -0.383 e. The Bertz CT molecular complexity index is 856. The van der Waals surface area contributed by atoms with Crippen molar-refractivity contribution in [2.75, 3.05) is 25.6 Å². The molecule has 0 unspecified atom stereocenters. The average Bonchev–Trinajstić information content (AvgIpc) is 3.17. The van der Waals surface area contributed by atoms with Crippen molar-refractivity contribution in [3.63, 3.8) is 0 Å². The van der Waals surface area contributed by atoms with Crippen LogP contribution in [0.2, 0.25) is 5.02 Å². The van der Waals surface area contributed by atoms with E-state index in [-0.39, 0.29) is 0 Å². The molecule has 0 fully saturated rings. The van der Waals surface area contributed by atoms with Crippen LogP contribution in [0, 0.1) is 13.8 Å². The average molecular weight is 376 g/mol. The normalized spacial score (nSPS) is 11.0. The van der Waals surface area contributed by atoms with Crippen LogP contribution < -0.4 is 5.32 Å². The highest BCUT2D eigenvalue weighted by atomic mass is 35.5. The van der Waals surface area contributed by atoms with Gasteiger partial charge < -0.3 is 14.6 Å². The van der Waals surface area contributed by atoms with Gasteiger partial charge in [0.2, 0.25) is 0 Å². The summed E-state index contributed by atoms with van der Waals surface area (Å²) in [6.07, 6.45) is 0. The summed E-state index contributed by atoms with van der Waals surface area (Å²) in [5.41, 5.74) is 5.70. The van der Waals surface area contributed by atoms with E-state index in [9.17, 15) is 0 Å². The van der Waals surface area contributed by atoms with Gasteiger partial charge in [0.1, 0.15) is 0 Å². The Labute approximate surface area is 157 Å². The topological polar surface area (TPSA) is 39.1 Å². The van der Waals surface area contributed by atoms with Gasteiger partial charge in [-0.3, -0.25) is 0 Å². The zero-order valence-electron chi connectivity index (χ0n) is 14.7. The number of aromatic nitrogens is 2. The van der Waals surface area contributed by atoms with Crippen molar-refractivity contribution in [3.05, 3.63) is 57.7 Å². The van der Waals surface area contributed by atoms with Crippen molar-refractivity contribution in [1.82, 2.24) is 9.55 Å². The molecule has 2 aromatic heterocycles. The first-order valence-electron chi connectivity index (χ1n) is 8.19. The van der Waals surface area contributed by atoms with E-state index in [4.69, 9.17) is 21.3 Å². The minimum atomic E-state index is 0.668. The highest BCUT2D eigenvalue weighted by Crippen LogP contribution is 2.30. The van der Waals surface area contributed by atoms with Crippen LogP contribution in [-0.4, -0.2) is 29.8 Å². The summed E-state index contributed by atoms with van der Waals surface area (Å²) >= 11 is 7.94. The number of methoxy groups -OCH3 is 1. The summed E-state index contributed by atoms with van der Waals surface area (Å²) in [5, 5.41) is 7.10. The molecule has 0 aliphatic heterocycles. The molecule has 0 saturated heterocycles. The Hall–Kier alpha value is -1.82. The number of nitrogens with one attached hydrogen (secondary N) is 1. The van der Waals surface area contributed by atoms with E-state index in [1.54, 1.807) is 18.4 Å². The number of hydrogen-bond acceptors (Lipinski definition) is 4. The number of anilines is 1. The first-order valence-corrected chi connectivity index (χ1v) is 9.44. The number of nitrogens with zero attached hydrogens (tertiary/aromatic N) is 2. The second-order valence-corrected chi connectivity index (χ2v) is 7.19. The van der Waals surface area contributed by atoms with Gasteiger partial charge in [-0.05, 0) is 31.5 Å². The quantitative estimate of drug-likeness (QED) is 0.591. The van der Waals surface area contributed by atoms with Crippen LogP contribution in [0.1, 0.15) is 17.0 Å². The smallest absolute Gasteiger partial charge is 0.183 e. The van der Waals surface area contributed by atoms with Gasteiger partial charge in [0.05, 0.1) is 12.3 Å². The zero-order valence-corrected chi connectivity index (χ0v) is 16.2. The van der Waals surface area contributed by atoms with Crippen LogP contribution >= 0.6 is 22.9 Å². The van der Waals surface area contributed by atoms with Gasteiger partial charge in [0.25, 0.3) is 0 Å². The van der Waals surface area contributed by atoms with Crippen LogP contribution in [0.5, 0.6) is 0 Å². The molecule has 1 aromatic carbocycles. The Kier molecular flexibility index (Phi) is 5.78. The highest BCUT2D eigenvalue weighted by Gasteiger charge is 2.14. The van der Waals surface area contributed by atoms with Gasteiger partial charge in [-0.1, -0.05) is 29.8 Å². The molecule has 3 aromatic rings. The molecule has 0 aliphatic rings. The van der Waals surface area contributed by atoms with Gasteiger partial charge in [0, 0.05) is 47.6 Å². The lowest BCUT2D eigenvalue weighted by Gasteiger charge is -2.11. The Balaban J connectivity index is 1.83. The SMILES string of the molecule is COCCNc1nc(-c2cc(C)n(Cc3ccccc3Cl)c2C)cs1. The molecular formula is C19H22ClN3OS. The van der Waals surface area contributed by atoms with Gasteiger partial charge >= 0.3 is 0 Å². The lowest BCUT2D eigenvalue weighted by molar-refractivity contribution is 0.211. The van der Waals surface area contributed by atoms with Crippen LogP contribution in [0.25, 0.3) is 11.3 Å². The first-order chi connectivity index (χ1) is 12.1. The third-order valence-electron chi connectivity index (χ3n) is 4.22. The summed E-state index contributed by atoms with van der Waals surface area (Å²) < 4.78 is 7.35. The van der Waals surface area contributed by atoms with Crippen molar-refractivity contribution < 1.29 is 4.74 Å². The van der Waals surface area contributed by atoms with E-state index in [1.807, 2.05) is 18.2 Å². The predicted octanol–water partition coefficient (Wildman–Crippen LogP) is 4.99. The fourth-order valence-corrected chi connectivity index (χ4v) is 3.77. The fourth-order valence-electron chi connectivity index (χ4n) is 2.84. The maximum atomic E-state index is 6.32. The van der Waals surface area contributed by atoms with Crippen molar-refractivity contribution in [2.24, 2.45) is 0 Å². The van der Waals surface area contributed by atoms with Crippen molar-refractivity contribution in [1.29, 1.82) is 0 Å². The third-order valence-corrected chi connectivity index (χ3v) is 5.39. The maximum Gasteiger partial charge on any atom is 0.183 e. The van der Waals surface area contributed by atoms with E-state index in [2.05, 4.69) is 41.2 Å². The number of ether oxygens (including phenoxy) is 1. The summed E-state index contributed by atoms with van der Waals surface area (Å²) in [6.45, 7) is 6.45. The Morgan fingerprint density at radius 3 is 2.84 bits per heavy atom. The predicted molar refractivity (Wildman–Crippen MR) is 106 cm³/mol. The van der Waals surface area contributed by atoms with Gasteiger partial charge in [-0.25, -0.2) is 4.98 Å². The molecule has 4 nitrogen and oxygen atoms in total. The van der Waals surface area contributed by atoms with Crippen LogP contribution in [0.4, 0.5) is 5.13 Å². The number of thiazole rings is 1. The fraction of sp³-hybridized carbons (Fsp3) is 0.316. The van der Waals surface area contributed by atoms with E-state index >= 15 is 0 Å². The van der Waals surface area contributed by atoms with Crippen LogP contribution in [0.15, 0.2) is 35.7 Å². The number of aryl methyl sites for hydroxylation is 1. The Morgan fingerprint density at radius 1 is 1.28 bits per heavy atom. The molecule has 0 aliphatic carbocycles. The molecule has 132 valence electrons. The van der Waals surface area contributed by atoms with Gasteiger partial charge in [-0.15, -0.1) is 11.3 Å². The van der Waals surface area contributed by atoms with Crippen molar-refractivity contribution in [2.45, 2.75) is 20.4 Å². The maximum absolute atomic E-state index is 6.32. The molecule has 0 spiro atoms. The van der Waals surface area contributed by atoms with E-state index < -0.39 is 0 Å². The largest absolute Gasteiger partial charge is 0.383 e. The molecule has 6 heteroatoms. The molecule has 0 bridgehead atoms. The monoisotopic (exact) mass is 375 g/mol. The zero-order chi connectivity index (χ0) is 17.8. The van der Waals surface area contributed by atoms with E-state index in [0.29, 0.717) is 6.61 Å². The highest BCUT2D eigenvalue weighted by molar-refractivity contribution is 7.14. The van der Waals surface area contributed by atoms with Crippen LogP contribution in [0.3, 0.4) is 0 Å². The summed E-state index contributed by atoms with van der Waals surface area (Å²) in [4.78, 5) is 4.70. The second kappa shape index (κ2) is 8.04. The standard InChI is InChI=1S/C19H22ClN3OS/c1-13-10-16(18-12-25-19(22-18)21-8-9-24-3)14(2)23(13)11-15-6-4-5-7-17(15)20/h4-7,10,12H,8-9,11H2,1-3H3,(H,21,22). The molecule has 1 N–H and O–H groups in total. The molecular weight excluding hydrogens is 354 g/mol. The molecule has 2 heterocycles. The Morgan fingerprint density at radius 2 is 2.08 bits per heavy atom. The summed E-state index contributed by atoms with van der Waals surface area (Å²) in [6, 6.07) is 10.2. The second-order valence-electron chi connectivity index (χ2n) is 5.92. The minimum absolute atomic E-state index is 0.668. The summed E-state index contributed by atoms with van der Waals surface area (Å²) in [5.74, 6) is 0. The number of benzene rings is 1. The van der Waals surface area contributed by atoms with Crippen molar-refractivity contribution >= 4 is 28.1 Å². The number of hydrogen-bond donors (Lipinski definition) is 1. The number of halogens is 1. The molecule has 25 heavy (non-hydrogen) atoms.